The molecule has 0 bridgehead atoms. The van der Waals surface area contributed by atoms with Crippen LogP contribution in [0.3, 0.4) is 0 Å². The predicted octanol–water partition coefficient (Wildman–Crippen LogP) is 21.1. The van der Waals surface area contributed by atoms with Crippen LogP contribution in [0.25, 0.3) is 33.1 Å². The highest BCUT2D eigenvalue weighted by molar-refractivity contribution is 7.51. The lowest BCUT2D eigenvalue weighted by Crippen LogP contribution is -2.32. The predicted molar refractivity (Wildman–Crippen MR) is 325 cm³/mol. The quantitative estimate of drug-likeness (QED) is 0.163. The first-order valence-electron chi connectivity index (χ1n) is 27.6. The Morgan fingerprint density at radius 1 is 0.442 bits per heavy atom. The van der Waals surface area contributed by atoms with Gasteiger partial charge in [-0.25, -0.2) is 4.79 Å². The van der Waals surface area contributed by atoms with Crippen molar-refractivity contribution in [1.82, 2.24) is 0 Å². The molecule has 0 N–H and O–H groups in total. The Hall–Kier alpha value is -5.48. The minimum Gasteiger partial charge on any atom is -0.421 e. The van der Waals surface area contributed by atoms with E-state index in [9.17, 15) is 4.79 Å². The molecular weight excluding hydrogens is 989 g/mol. The smallest absolute Gasteiger partial charge is 0.421 e. The van der Waals surface area contributed by atoms with E-state index < -0.39 is 33.6 Å². The lowest BCUT2D eigenvalue weighted by Gasteiger charge is -2.42. The van der Waals surface area contributed by atoms with Gasteiger partial charge in [-0.2, -0.15) is 0 Å². The minimum atomic E-state index is -2.22. The van der Waals surface area contributed by atoms with Gasteiger partial charge in [-0.05, 0) is 108 Å². The van der Waals surface area contributed by atoms with Gasteiger partial charge in [-0.1, -0.05) is 214 Å². The van der Waals surface area contributed by atoms with Crippen molar-refractivity contribution in [3.8, 4) is 22.6 Å². The molecule has 6 aromatic carbocycles. The van der Waals surface area contributed by atoms with Crippen LogP contribution in [-0.4, -0.2) is 5.97 Å². The van der Waals surface area contributed by atoms with Crippen molar-refractivity contribution >= 4 is 56.0 Å². The molecule has 1 atom stereocenters. The van der Waals surface area contributed by atoms with Crippen molar-refractivity contribution in [2.24, 2.45) is 0 Å². The van der Waals surface area contributed by atoms with E-state index in [0.29, 0.717) is 17.1 Å². The van der Waals surface area contributed by atoms with E-state index >= 15 is 0 Å². The van der Waals surface area contributed by atoms with Crippen LogP contribution in [0.1, 0.15) is 220 Å². The van der Waals surface area contributed by atoms with Crippen LogP contribution in [0.15, 0.2) is 105 Å². The number of hydrogen-bond donors (Lipinski definition) is 0. The summed E-state index contributed by atoms with van der Waals surface area (Å²) in [6.07, 6.45) is 0. The van der Waals surface area contributed by atoms with Crippen LogP contribution >= 0.6 is 16.8 Å². The molecule has 3 heterocycles. The SMILES string of the molecule is CC(C)(C)c1cc(-c2cc(C(C)(C)C)cc3c2OP2OC(=O)c4ccccc4N2c2ccccc2C3(C)C)c(Op2oc3c(C(C)(C)C)cc(C(C)(C)C)cc3c3cc(C(C)(C)C)cc(C(C)(C)C)c3o2)c(C(C)(C)C)c1. The van der Waals surface area contributed by atoms with Crippen LogP contribution in [0, 0.1) is 0 Å². The van der Waals surface area contributed by atoms with Crippen LogP contribution in [0.2, 0.25) is 0 Å². The number of nitrogens with zero attached hydrogens (tertiary/aromatic N) is 1. The molecule has 9 heteroatoms. The molecule has 0 aliphatic carbocycles. The summed E-state index contributed by atoms with van der Waals surface area (Å²) >= 11 is 0. The number of benzene rings is 6. The zero-order chi connectivity index (χ0) is 56.7. The molecule has 1 aromatic heterocycles. The maximum atomic E-state index is 14.2. The van der Waals surface area contributed by atoms with Gasteiger partial charge in [-0.3, -0.25) is 4.67 Å². The standard InChI is InChI=1S/C68H85NO6P2/c1-61(2,3)40-32-45-46-33-41(62(4,5)6)37-51(66(16,17)18)57(46)73-77(72-56(45)50(36-40)65(13,14)15)74-58-47(34-42(63(7,8)9)38-52(58)67(19,20)21)48-35-43(64(10,11)12)39-53-59(48)71-76-69(54-30-26-24-28-44(54)60(70)75-76)55-31-27-25-29-49(55)68(53,22)23/h24-39H,1-23H3. The van der Waals surface area contributed by atoms with Crippen molar-refractivity contribution < 1.29 is 26.8 Å². The average molecular weight is 1070 g/mol. The first kappa shape index (κ1) is 56.2. The molecular formula is C68H85NO6P2. The van der Waals surface area contributed by atoms with Crippen molar-refractivity contribution in [3.63, 3.8) is 0 Å². The zero-order valence-corrected chi connectivity index (χ0v) is 52.3. The number of hydrogen-bond acceptors (Lipinski definition) is 7. The molecule has 0 spiro atoms. The lowest BCUT2D eigenvalue weighted by molar-refractivity contribution is 0.0735. The molecule has 0 saturated carbocycles. The highest BCUT2D eigenvalue weighted by atomic mass is 31.2. The molecule has 2 aliphatic heterocycles. The summed E-state index contributed by atoms with van der Waals surface area (Å²) in [5.41, 5.74) is 12.9. The Bertz CT molecular complexity index is 3450. The molecule has 9 rings (SSSR count). The van der Waals surface area contributed by atoms with Gasteiger partial charge in [0.15, 0.2) is 0 Å². The number of carbonyl (C=O) groups is 1. The van der Waals surface area contributed by atoms with Gasteiger partial charge in [0.25, 0.3) is 0 Å². The van der Waals surface area contributed by atoms with E-state index in [1.54, 1.807) is 0 Å². The number of para-hydroxylation sites is 2. The maximum absolute atomic E-state index is 14.2. The van der Waals surface area contributed by atoms with Gasteiger partial charge in [0.1, 0.15) is 22.7 Å². The van der Waals surface area contributed by atoms with Gasteiger partial charge >= 0.3 is 22.7 Å². The molecule has 0 radical (unpaired) electrons. The summed E-state index contributed by atoms with van der Waals surface area (Å²) in [6, 6.07) is 34.7. The Kier molecular flexibility index (Phi) is 13.6. The lowest BCUT2D eigenvalue weighted by atomic mass is 9.72. The first-order valence-corrected chi connectivity index (χ1v) is 29.8. The molecule has 7 aromatic rings. The van der Waals surface area contributed by atoms with Crippen molar-refractivity contribution in [2.45, 2.75) is 203 Å². The summed E-state index contributed by atoms with van der Waals surface area (Å²) in [7, 11) is -4.30. The summed E-state index contributed by atoms with van der Waals surface area (Å²) < 4.78 is 39.1. The fourth-order valence-corrected chi connectivity index (χ4v) is 13.3. The number of rotatable bonds is 3. The summed E-state index contributed by atoms with van der Waals surface area (Å²) in [5, 5.41) is 2.01. The Morgan fingerprint density at radius 2 is 0.870 bits per heavy atom. The number of fused-ring (bicyclic) bond motifs is 9. The third kappa shape index (κ3) is 10.4. The van der Waals surface area contributed by atoms with E-state index in [2.05, 4.69) is 237 Å². The molecule has 1 unspecified atom stereocenters. The molecule has 0 amide bonds. The normalized spacial score (nSPS) is 16.2. The van der Waals surface area contributed by atoms with Crippen LogP contribution < -0.4 is 13.7 Å². The van der Waals surface area contributed by atoms with Crippen LogP contribution in [0.4, 0.5) is 11.4 Å². The second-order valence-electron chi connectivity index (χ2n) is 29.5. The zero-order valence-electron chi connectivity index (χ0n) is 50.5. The van der Waals surface area contributed by atoms with E-state index in [4.69, 9.17) is 22.0 Å². The highest BCUT2D eigenvalue weighted by Gasteiger charge is 2.46. The average Bonchev–Trinajstić information content (AvgIpc) is 3.63. The summed E-state index contributed by atoms with van der Waals surface area (Å²) in [6.45, 7) is 52.2. The maximum Gasteiger partial charge on any atom is 0.453 e. The second kappa shape index (κ2) is 18.6. The fourth-order valence-electron chi connectivity index (χ4n) is 10.6. The monoisotopic (exact) mass is 1070 g/mol. The van der Waals surface area contributed by atoms with Gasteiger partial charge in [0.05, 0.1) is 16.9 Å². The third-order valence-electron chi connectivity index (χ3n) is 15.6. The highest BCUT2D eigenvalue weighted by Crippen LogP contribution is 2.63. The van der Waals surface area contributed by atoms with Crippen LogP contribution in [-0.2, 0) is 47.8 Å². The van der Waals surface area contributed by atoms with Gasteiger partial charge in [-0.15, -0.1) is 0 Å². The van der Waals surface area contributed by atoms with Crippen LogP contribution in [0.5, 0.6) is 11.5 Å². The molecule has 408 valence electrons. The Balaban J connectivity index is 1.46. The topological polar surface area (TPSA) is 74.3 Å². The first-order chi connectivity index (χ1) is 35.3. The Labute approximate surface area is 463 Å². The van der Waals surface area contributed by atoms with Gasteiger partial charge < -0.3 is 22.0 Å². The summed E-state index contributed by atoms with van der Waals surface area (Å²) in [5.74, 6) is 0.877. The molecule has 77 heavy (non-hydrogen) atoms. The summed E-state index contributed by atoms with van der Waals surface area (Å²) in [4.78, 5) is 14.2. The van der Waals surface area contributed by atoms with E-state index in [1.807, 2.05) is 24.3 Å². The van der Waals surface area contributed by atoms with E-state index in [1.165, 1.54) is 11.1 Å². The van der Waals surface area contributed by atoms with E-state index in [0.717, 1.165) is 83.4 Å². The molecule has 0 fully saturated rings. The molecule has 2 aliphatic rings. The van der Waals surface area contributed by atoms with Crippen molar-refractivity contribution in [2.75, 3.05) is 4.67 Å². The van der Waals surface area contributed by atoms with E-state index in [-0.39, 0.29) is 32.5 Å². The Morgan fingerprint density at radius 3 is 1.36 bits per heavy atom. The fraction of sp³-hybridized carbons (Fsp3) is 0.456. The largest absolute Gasteiger partial charge is 0.453 e. The van der Waals surface area contributed by atoms with Gasteiger partial charge in [0, 0.05) is 49.6 Å². The number of carbonyl (C=O) groups excluding carboxylic acids is 1. The molecule has 7 nitrogen and oxygen atoms in total. The third-order valence-corrected chi connectivity index (χ3v) is 18.1. The van der Waals surface area contributed by atoms with Gasteiger partial charge in [0.2, 0.25) is 0 Å². The second-order valence-corrected chi connectivity index (χ2v) is 31.8. The number of anilines is 2. The molecule has 0 saturated heterocycles. The van der Waals surface area contributed by atoms with Crippen molar-refractivity contribution in [1.29, 1.82) is 0 Å². The van der Waals surface area contributed by atoms with Crippen molar-refractivity contribution in [3.05, 3.63) is 153 Å². The minimum absolute atomic E-state index is 0.154.